The average Bonchev–Trinajstić information content (AvgIpc) is 3.25. The van der Waals surface area contributed by atoms with Gasteiger partial charge in [0.15, 0.2) is 6.29 Å². The van der Waals surface area contributed by atoms with Gasteiger partial charge in [-0.3, -0.25) is 0 Å². The number of aromatic nitrogens is 1. The van der Waals surface area contributed by atoms with Crippen molar-refractivity contribution < 1.29 is 49.3 Å². The van der Waals surface area contributed by atoms with Gasteiger partial charge in [-0.25, -0.2) is 4.79 Å². The number of nitrogens with one attached hydrogen (secondary N) is 1. The Hall–Kier alpha value is -2.97. The molecular weight excluding hydrogens is 512 g/mol. The lowest BCUT2D eigenvalue weighted by Gasteiger charge is -2.46. The molecular formula is C27H31N2O10-. The van der Waals surface area contributed by atoms with Gasteiger partial charge in [-0.05, 0) is 18.1 Å². The molecule has 6 rings (SSSR count). The maximum atomic E-state index is 13.8. The van der Waals surface area contributed by atoms with E-state index < -0.39 is 67.5 Å². The van der Waals surface area contributed by atoms with Crippen molar-refractivity contribution in [3.63, 3.8) is 0 Å². The zero-order valence-electron chi connectivity index (χ0n) is 21.2. The Kier molecular flexibility index (Phi) is 6.88. The summed E-state index contributed by atoms with van der Waals surface area (Å²) >= 11 is 0. The summed E-state index contributed by atoms with van der Waals surface area (Å²) in [4.78, 5) is 18.2. The Morgan fingerprint density at radius 2 is 1.97 bits per heavy atom. The van der Waals surface area contributed by atoms with E-state index in [-0.39, 0.29) is 12.1 Å². The number of esters is 1. The second kappa shape index (κ2) is 10.2. The van der Waals surface area contributed by atoms with Gasteiger partial charge in [0.2, 0.25) is 6.29 Å². The molecule has 4 aliphatic heterocycles. The molecule has 0 radical (unpaired) electrons. The van der Waals surface area contributed by atoms with Gasteiger partial charge in [-0.15, -0.1) is 0 Å². The molecule has 9 atom stereocenters. The number of fused-ring (bicyclic) bond motifs is 6. The number of rotatable bonds is 4. The second-order valence-corrected chi connectivity index (χ2v) is 10.3. The van der Waals surface area contributed by atoms with Crippen LogP contribution in [0.5, 0.6) is 0 Å². The summed E-state index contributed by atoms with van der Waals surface area (Å²) in [6.07, 6.45) is -6.37. The predicted molar refractivity (Wildman–Crippen MR) is 132 cm³/mol. The van der Waals surface area contributed by atoms with Gasteiger partial charge in [0.05, 0.1) is 36.9 Å². The number of aliphatic hydroxyl groups is 4. The molecule has 1 aromatic carbocycles. The van der Waals surface area contributed by atoms with Crippen molar-refractivity contribution in [1.29, 1.82) is 0 Å². The Morgan fingerprint density at radius 1 is 1.18 bits per heavy atom. The zero-order valence-corrected chi connectivity index (χ0v) is 21.2. The Balaban J connectivity index is 1.39. The smallest absolute Gasteiger partial charge is 0.337 e. The molecule has 0 unspecified atom stereocenters. The largest absolute Gasteiger partial charge is 0.850 e. The number of hydrogen-bond donors (Lipinski definition) is 5. The number of aliphatic hydroxyl groups excluding tert-OH is 4. The third-order valence-corrected chi connectivity index (χ3v) is 8.16. The number of H-pyrrole nitrogens is 1. The Morgan fingerprint density at radius 3 is 2.74 bits per heavy atom. The number of ether oxygens (including phenoxy) is 4. The highest BCUT2D eigenvalue weighted by molar-refractivity contribution is 5.92. The van der Waals surface area contributed by atoms with E-state index in [9.17, 15) is 30.3 Å². The first kappa shape index (κ1) is 26.3. The van der Waals surface area contributed by atoms with E-state index in [1.807, 2.05) is 29.2 Å². The number of para-hydroxylation sites is 1. The van der Waals surface area contributed by atoms with Gasteiger partial charge in [-0.1, -0.05) is 30.4 Å². The normalized spacial score (nSPS) is 36.1. The lowest BCUT2D eigenvalue weighted by atomic mass is 9.80. The molecule has 210 valence electrons. The number of benzene rings is 1. The van der Waals surface area contributed by atoms with Gasteiger partial charge in [0.25, 0.3) is 0 Å². The van der Waals surface area contributed by atoms with Crippen molar-refractivity contribution in [1.82, 2.24) is 9.88 Å². The van der Waals surface area contributed by atoms with Crippen LogP contribution in [0.1, 0.15) is 11.3 Å². The van der Waals surface area contributed by atoms with Gasteiger partial charge >= 0.3 is 5.97 Å². The molecule has 12 nitrogen and oxygen atoms in total. The Labute approximate surface area is 223 Å². The Bertz CT molecular complexity index is 1300. The van der Waals surface area contributed by atoms with Crippen molar-refractivity contribution in [3.8, 4) is 0 Å². The van der Waals surface area contributed by atoms with Crippen molar-refractivity contribution in [3.05, 3.63) is 53.4 Å². The van der Waals surface area contributed by atoms with Crippen LogP contribution in [0.2, 0.25) is 0 Å². The third kappa shape index (κ3) is 4.32. The lowest BCUT2D eigenvalue weighted by Crippen LogP contribution is -2.61. The van der Waals surface area contributed by atoms with E-state index in [1.165, 1.54) is 13.4 Å². The van der Waals surface area contributed by atoms with Crippen LogP contribution < -0.4 is 5.11 Å². The average molecular weight is 544 g/mol. The molecule has 0 saturated carbocycles. The number of allylic oxidation sites excluding steroid dienone is 1. The number of nitrogens with zero attached hydrogens (tertiary/aromatic N) is 1. The molecule has 0 bridgehead atoms. The van der Waals surface area contributed by atoms with Crippen LogP contribution in [-0.4, -0.2) is 106 Å². The number of carbonyl (C=O) groups excluding carboxylic acids is 1. The molecule has 39 heavy (non-hydrogen) atoms. The molecule has 0 aliphatic carbocycles. The highest BCUT2D eigenvalue weighted by Crippen LogP contribution is 2.43. The van der Waals surface area contributed by atoms with Crippen LogP contribution in [-0.2, 0) is 30.2 Å². The molecule has 1 aromatic heterocycles. The number of hydrogen-bond acceptors (Lipinski definition) is 11. The predicted octanol–water partition coefficient (Wildman–Crippen LogP) is -1.43. The summed E-state index contributed by atoms with van der Waals surface area (Å²) in [5.74, 6) is -2.36. The minimum Gasteiger partial charge on any atom is -0.850 e. The molecule has 0 spiro atoms. The zero-order chi connectivity index (χ0) is 27.4. The molecule has 2 aromatic rings. The first-order chi connectivity index (χ1) is 18.8. The van der Waals surface area contributed by atoms with Crippen LogP contribution in [0.15, 0.2) is 42.2 Å². The molecule has 12 heteroatoms. The third-order valence-electron chi connectivity index (χ3n) is 8.16. The number of methoxy groups -OCH3 is 1. The van der Waals surface area contributed by atoms with E-state index in [0.29, 0.717) is 6.54 Å². The van der Waals surface area contributed by atoms with Crippen molar-refractivity contribution in [2.45, 2.75) is 49.5 Å². The maximum absolute atomic E-state index is 13.8. The number of aromatic amines is 1. The minimum atomic E-state index is -1.68. The van der Waals surface area contributed by atoms with Gasteiger partial charge in [0, 0.05) is 35.8 Å². The highest BCUT2D eigenvalue weighted by atomic mass is 16.8. The maximum Gasteiger partial charge on any atom is 0.337 e. The molecule has 0 amide bonds. The molecule has 1 saturated heterocycles. The van der Waals surface area contributed by atoms with E-state index in [2.05, 4.69) is 11.1 Å². The van der Waals surface area contributed by atoms with Crippen molar-refractivity contribution in [2.75, 3.05) is 26.8 Å². The monoisotopic (exact) mass is 543 g/mol. The molecule has 4 aliphatic rings. The fraction of sp³-hybridized carbons (Fsp3) is 0.519. The fourth-order valence-electron chi connectivity index (χ4n) is 6.12. The number of carbonyl (C=O) groups is 1. The van der Waals surface area contributed by atoms with Crippen LogP contribution in [0.25, 0.3) is 16.6 Å². The molecule has 5 heterocycles. The van der Waals surface area contributed by atoms with Crippen molar-refractivity contribution in [2.24, 2.45) is 11.8 Å². The highest BCUT2D eigenvalue weighted by Gasteiger charge is 2.49. The van der Waals surface area contributed by atoms with Gasteiger partial charge < -0.3 is 54.4 Å². The van der Waals surface area contributed by atoms with E-state index in [0.717, 1.165) is 34.3 Å². The fourth-order valence-corrected chi connectivity index (χ4v) is 6.12. The summed E-state index contributed by atoms with van der Waals surface area (Å²) in [5.41, 5.74) is 3.94. The van der Waals surface area contributed by atoms with Crippen molar-refractivity contribution >= 4 is 22.6 Å². The van der Waals surface area contributed by atoms with E-state index >= 15 is 0 Å². The van der Waals surface area contributed by atoms with E-state index in [1.54, 1.807) is 0 Å². The quantitative estimate of drug-likeness (QED) is 0.286. The van der Waals surface area contributed by atoms with E-state index in [4.69, 9.17) is 18.9 Å². The summed E-state index contributed by atoms with van der Waals surface area (Å²) in [6.45, 7) is 0.0796. The standard InChI is InChI=1S/C27H31N2O10/c1-36-25(35)15-11-37-26(39-27-24(34)23(33)22(32)19(10-30)38-27)20-14(15)8-17-21-13(6-7-29(17)9-18(20)31)12-4-2-3-5-16(12)28-21/h2-5,8,11,14,18-20,22-24,26-28,30,32-34H,6-7,9-10H2,1H3/q-1/t14-,18-,19-,20+,22-,23+,24-,26+,27+/m1/s1. The summed E-state index contributed by atoms with van der Waals surface area (Å²) in [5, 5.41) is 55.3. The van der Waals surface area contributed by atoms with Gasteiger partial charge in [-0.2, -0.15) is 0 Å². The lowest BCUT2D eigenvalue weighted by molar-refractivity contribution is -0.452. The van der Waals surface area contributed by atoms with Gasteiger partial charge in [0.1, 0.15) is 24.4 Å². The summed E-state index contributed by atoms with van der Waals surface area (Å²) in [7, 11) is 1.25. The van der Waals surface area contributed by atoms with Crippen LogP contribution in [0, 0.1) is 11.8 Å². The first-order valence-electron chi connectivity index (χ1n) is 12.9. The first-order valence-corrected chi connectivity index (χ1v) is 12.9. The minimum absolute atomic E-state index is 0.105. The molecule has 5 N–H and O–H groups in total. The summed E-state index contributed by atoms with van der Waals surface area (Å²) in [6, 6.07) is 7.97. The SMILES string of the molecule is COC(=O)C1=CO[C@@H](O[C@@H]2O[C@H](CO)[C@@H](O)[C@H](O)[C@H]2O)[C@@H]2[C@H]([O-])CN3CCc4c([nH]c5ccccc45)C3=C[C@H]12. The van der Waals surface area contributed by atoms with Crippen LogP contribution >= 0.6 is 0 Å². The second-order valence-electron chi connectivity index (χ2n) is 10.3. The van der Waals surface area contributed by atoms with Crippen LogP contribution in [0.4, 0.5) is 0 Å². The topological polar surface area (TPSA) is 177 Å². The molecule has 1 fully saturated rings. The summed E-state index contributed by atoms with van der Waals surface area (Å²) < 4.78 is 22.1. The van der Waals surface area contributed by atoms with Crippen LogP contribution in [0.3, 0.4) is 0 Å².